The van der Waals surface area contributed by atoms with Crippen molar-refractivity contribution >= 4 is 5.78 Å². The van der Waals surface area contributed by atoms with Gasteiger partial charge in [0.1, 0.15) is 6.61 Å². The highest BCUT2D eigenvalue weighted by molar-refractivity contribution is 5.99. The number of hydrogen-bond acceptors (Lipinski definition) is 2. The first-order valence-corrected chi connectivity index (χ1v) is 3.77. The van der Waals surface area contributed by atoms with Crippen molar-refractivity contribution in [3.63, 3.8) is 0 Å². The molecule has 68 valence electrons. The highest BCUT2D eigenvalue weighted by atomic mass is 19.2. The van der Waals surface area contributed by atoms with E-state index in [1.54, 1.807) is 0 Å². The molecule has 0 N–H and O–H groups in total. The number of fused-ring (bicyclic) bond motifs is 1. The Morgan fingerprint density at radius 2 is 1.85 bits per heavy atom. The van der Waals surface area contributed by atoms with Crippen LogP contribution in [0.15, 0.2) is 12.1 Å². The van der Waals surface area contributed by atoms with Crippen LogP contribution in [0, 0.1) is 11.6 Å². The van der Waals surface area contributed by atoms with Gasteiger partial charge in [0, 0.05) is 5.56 Å². The molecule has 0 aromatic heterocycles. The highest BCUT2D eigenvalue weighted by Crippen LogP contribution is 2.19. The molecule has 1 aromatic carbocycles. The number of Topliss-reactive ketones (excluding diaryl/α,β-unsaturated/α-hetero) is 1. The molecule has 1 aromatic rings. The van der Waals surface area contributed by atoms with Crippen molar-refractivity contribution in [3.05, 3.63) is 34.9 Å². The van der Waals surface area contributed by atoms with Crippen LogP contribution in [0.1, 0.15) is 15.9 Å². The largest absolute Gasteiger partial charge is 0.369 e. The van der Waals surface area contributed by atoms with Gasteiger partial charge < -0.3 is 4.74 Å². The van der Waals surface area contributed by atoms with Gasteiger partial charge in [-0.1, -0.05) is 0 Å². The number of carbonyl (C=O) groups is 1. The summed E-state index contributed by atoms with van der Waals surface area (Å²) in [5.41, 5.74) is 0.639. The minimum atomic E-state index is -0.992. The number of carbonyl (C=O) groups excluding carboxylic acids is 1. The van der Waals surface area contributed by atoms with E-state index < -0.39 is 11.6 Å². The molecule has 0 fully saturated rings. The molecule has 1 aliphatic rings. The van der Waals surface area contributed by atoms with Gasteiger partial charge in [-0.3, -0.25) is 4.79 Å². The van der Waals surface area contributed by atoms with Crippen LogP contribution in [0.4, 0.5) is 8.78 Å². The molecule has 1 aliphatic heterocycles. The molecule has 2 rings (SSSR count). The van der Waals surface area contributed by atoms with Crippen LogP contribution < -0.4 is 0 Å². The second-order valence-corrected chi connectivity index (χ2v) is 2.84. The molecule has 0 atom stereocenters. The van der Waals surface area contributed by atoms with E-state index in [-0.39, 0.29) is 24.6 Å². The summed E-state index contributed by atoms with van der Waals surface area (Å²) in [5, 5.41) is 0. The Morgan fingerprint density at radius 1 is 1.15 bits per heavy atom. The van der Waals surface area contributed by atoms with E-state index >= 15 is 0 Å². The zero-order valence-electron chi connectivity index (χ0n) is 6.64. The van der Waals surface area contributed by atoms with Crippen molar-refractivity contribution in [3.8, 4) is 0 Å². The number of hydrogen-bond donors (Lipinski definition) is 0. The van der Waals surface area contributed by atoms with E-state index in [0.29, 0.717) is 5.56 Å². The quantitative estimate of drug-likeness (QED) is 0.613. The van der Waals surface area contributed by atoms with Gasteiger partial charge >= 0.3 is 0 Å². The molecule has 2 nitrogen and oxygen atoms in total. The van der Waals surface area contributed by atoms with E-state index in [9.17, 15) is 13.6 Å². The highest BCUT2D eigenvalue weighted by Gasteiger charge is 2.20. The second-order valence-electron chi connectivity index (χ2n) is 2.84. The average Bonchev–Trinajstić information content (AvgIpc) is 2.09. The summed E-state index contributed by atoms with van der Waals surface area (Å²) in [6.45, 7) is 0.107. The lowest BCUT2D eigenvalue weighted by Gasteiger charge is -2.14. The molecule has 4 heteroatoms. The SMILES string of the molecule is O=C1COCc2cc(F)c(F)cc21. The van der Waals surface area contributed by atoms with Crippen molar-refractivity contribution in [2.45, 2.75) is 6.61 Å². The molecule has 0 unspecified atom stereocenters. The summed E-state index contributed by atoms with van der Waals surface area (Å²) in [5.74, 6) is -2.24. The first-order valence-electron chi connectivity index (χ1n) is 3.77. The zero-order valence-corrected chi connectivity index (χ0v) is 6.64. The number of benzene rings is 1. The summed E-state index contributed by atoms with van der Waals surface area (Å²) >= 11 is 0. The maximum atomic E-state index is 12.7. The molecular weight excluding hydrogens is 178 g/mol. The number of rotatable bonds is 0. The molecule has 0 saturated carbocycles. The molecule has 0 amide bonds. The number of ether oxygens (including phenoxy) is 1. The first kappa shape index (κ1) is 8.31. The Balaban J connectivity index is 2.58. The fraction of sp³-hybridized carbons (Fsp3) is 0.222. The van der Waals surface area contributed by atoms with Gasteiger partial charge in [0.25, 0.3) is 0 Å². The van der Waals surface area contributed by atoms with Gasteiger partial charge in [0.05, 0.1) is 6.61 Å². The predicted octanol–water partition coefficient (Wildman–Crippen LogP) is 1.68. The van der Waals surface area contributed by atoms with Gasteiger partial charge in [-0.05, 0) is 17.7 Å². The van der Waals surface area contributed by atoms with E-state index in [4.69, 9.17) is 4.74 Å². The van der Waals surface area contributed by atoms with Crippen molar-refractivity contribution in [1.82, 2.24) is 0 Å². The Hall–Kier alpha value is -1.29. The fourth-order valence-electron chi connectivity index (χ4n) is 1.30. The maximum Gasteiger partial charge on any atom is 0.188 e. The summed E-state index contributed by atoms with van der Waals surface area (Å²) in [6.07, 6.45) is 0. The van der Waals surface area contributed by atoms with E-state index in [1.807, 2.05) is 0 Å². The average molecular weight is 184 g/mol. The Labute approximate surface area is 73.1 Å². The molecule has 0 bridgehead atoms. The third-order valence-electron chi connectivity index (χ3n) is 1.94. The molecule has 13 heavy (non-hydrogen) atoms. The fourth-order valence-corrected chi connectivity index (χ4v) is 1.30. The van der Waals surface area contributed by atoms with Crippen molar-refractivity contribution in [2.75, 3.05) is 6.61 Å². The third-order valence-corrected chi connectivity index (χ3v) is 1.94. The lowest BCUT2D eigenvalue weighted by Crippen LogP contribution is -2.18. The summed E-state index contributed by atoms with van der Waals surface area (Å²) < 4.78 is 30.3. The summed E-state index contributed by atoms with van der Waals surface area (Å²) in [4.78, 5) is 11.1. The van der Waals surface area contributed by atoms with Crippen molar-refractivity contribution in [2.24, 2.45) is 0 Å². The maximum absolute atomic E-state index is 12.7. The van der Waals surface area contributed by atoms with Crippen molar-refractivity contribution in [1.29, 1.82) is 0 Å². The third kappa shape index (κ3) is 1.33. The van der Waals surface area contributed by atoms with Gasteiger partial charge in [-0.2, -0.15) is 0 Å². The van der Waals surface area contributed by atoms with Crippen LogP contribution in [-0.4, -0.2) is 12.4 Å². The molecule has 0 radical (unpaired) electrons. The topological polar surface area (TPSA) is 26.3 Å². The Bertz CT molecular complexity index is 374. The van der Waals surface area contributed by atoms with Crippen LogP contribution in [0.5, 0.6) is 0 Å². The first-order chi connectivity index (χ1) is 6.18. The van der Waals surface area contributed by atoms with Crippen LogP contribution >= 0.6 is 0 Å². The minimum Gasteiger partial charge on any atom is -0.369 e. The van der Waals surface area contributed by atoms with Gasteiger partial charge in [-0.25, -0.2) is 8.78 Å². The van der Waals surface area contributed by atoms with Crippen LogP contribution in [0.25, 0.3) is 0 Å². The number of ketones is 1. The standard InChI is InChI=1S/C9H6F2O2/c10-7-1-5-3-13-4-9(12)6(5)2-8(7)11/h1-2H,3-4H2. The van der Waals surface area contributed by atoms with Crippen molar-refractivity contribution < 1.29 is 18.3 Å². The van der Waals surface area contributed by atoms with E-state index in [2.05, 4.69) is 0 Å². The monoisotopic (exact) mass is 184 g/mol. The second kappa shape index (κ2) is 2.88. The molecular formula is C9H6F2O2. The minimum absolute atomic E-state index is 0.0575. The molecule has 0 aliphatic carbocycles. The van der Waals surface area contributed by atoms with Crippen LogP contribution in [-0.2, 0) is 11.3 Å². The summed E-state index contributed by atoms with van der Waals surface area (Å²) in [6, 6.07) is 1.93. The number of halogens is 2. The molecule has 0 saturated heterocycles. The lowest BCUT2D eigenvalue weighted by atomic mass is 10.0. The van der Waals surface area contributed by atoms with E-state index in [0.717, 1.165) is 12.1 Å². The zero-order chi connectivity index (χ0) is 9.42. The molecule has 1 heterocycles. The normalized spacial score (nSPS) is 15.7. The Kier molecular flexibility index (Phi) is 1.84. The van der Waals surface area contributed by atoms with Gasteiger partial charge in [0.2, 0.25) is 0 Å². The van der Waals surface area contributed by atoms with Gasteiger partial charge in [-0.15, -0.1) is 0 Å². The Morgan fingerprint density at radius 3 is 2.62 bits per heavy atom. The van der Waals surface area contributed by atoms with Gasteiger partial charge in [0.15, 0.2) is 17.4 Å². The lowest BCUT2D eigenvalue weighted by molar-refractivity contribution is 0.0663. The smallest absolute Gasteiger partial charge is 0.188 e. The molecule has 0 spiro atoms. The van der Waals surface area contributed by atoms with Crippen LogP contribution in [0.2, 0.25) is 0 Å². The van der Waals surface area contributed by atoms with Crippen LogP contribution in [0.3, 0.4) is 0 Å². The van der Waals surface area contributed by atoms with E-state index in [1.165, 1.54) is 0 Å². The predicted molar refractivity (Wildman–Crippen MR) is 40.3 cm³/mol. The summed E-state index contributed by atoms with van der Waals surface area (Å²) in [7, 11) is 0.